The Bertz CT molecular complexity index is 179. The van der Waals surface area contributed by atoms with Crippen LogP contribution in [0.4, 0.5) is 0 Å². The van der Waals surface area contributed by atoms with Crippen LogP contribution in [0.5, 0.6) is 0 Å². The second-order valence-corrected chi connectivity index (χ2v) is 3.68. The predicted molar refractivity (Wildman–Crippen MR) is 55.7 cm³/mol. The molecule has 0 aromatic heterocycles. The SMILES string of the molecule is C=C(N)C(N)CCCC1COCCO1. The van der Waals surface area contributed by atoms with Crippen molar-refractivity contribution in [3.05, 3.63) is 12.3 Å². The van der Waals surface area contributed by atoms with E-state index in [0.717, 1.165) is 25.9 Å². The van der Waals surface area contributed by atoms with Crippen molar-refractivity contribution in [3.8, 4) is 0 Å². The van der Waals surface area contributed by atoms with E-state index in [2.05, 4.69) is 6.58 Å². The molecule has 0 aromatic carbocycles. The Kier molecular flexibility index (Phi) is 4.93. The first kappa shape index (κ1) is 11.5. The van der Waals surface area contributed by atoms with Gasteiger partial charge in [0.15, 0.2) is 0 Å². The van der Waals surface area contributed by atoms with Crippen LogP contribution in [-0.2, 0) is 9.47 Å². The molecule has 0 bridgehead atoms. The van der Waals surface area contributed by atoms with Gasteiger partial charge in [0.05, 0.1) is 25.9 Å². The minimum atomic E-state index is -0.0838. The first-order valence-corrected chi connectivity index (χ1v) is 5.09. The summed E-state index contributed by atoms with van der Waals surface area (Å²) in [6, 6.07) is -0.0838. The van der Waals surface area contributed by atoms with Crippen molar-refractivity contribution in [3.63, 3.8) is 0 Å². The minimum Gasteiger partial charge on any atom is -0.401 e. The van der Waals surface area contributed by atoms with Crippen LogP contribution in [0.25, 0.3) is 0 Å². The first-order valence-electron chi connectivity index (χ1n) is 5.09. The lowest BCUT2D eigenvalue weighted by atomic mass is 10.1. The Hall–Kier alpha value is -0.580. The van der Waals surface area contributed by atoms with E-state index >= 15 is 0 Å². The van der Waals surface area contributed by atoms with Crippen molar-refractivity contribution >= 4 is 0 Å². The molecule has 4 nitrogen and oxygen atoms in total. The highest BCUT2D eigenvalue weighted by molar-refractivity contribution is 4.97. The first-order chi connectivity index (χ1) is 6.70. The van der Waals surface area contributed by atoms with Crippen LogP contribution in [0.3, 0.4) is 0 Å². The molecule has 2 unspecified atom stereocenters. The zero-order valence-electron chi connectivity index (χ0n) is 8.58. The fourth-order valence-electron chi connectivity index (χ4n) is 1.45. The lowest BCUT2D eigenvalue weighted by Crippen LogP contribution is -2.30. The van der Waals surface area contributed by atoms with Gasteiger partial charge in [0.1, 0.15) is 0 Å². The molecule has 0 amide bonds. The van der Waals surface area contributed by atoms with E-state index in [1.165, 1.54) is 0 Å². The van der Waals surface area contributed by atoms with Crippen molar-refractivity contribution in [2.24, 2.45) is 11.5 Å². The topological polar surface area (TPSA) is 70.5 Å². The third kappa shape index (κ3) is 4.09. The van der Waals surface area contributed by atoms with Crippen LogP contribution < -0.4 is 11.5 Å². The molecule has 1 rings (SSSR count). The molecular weight excluding hydrogens is 180 g/mol. The Morgan fingerprint density at radius 3 is 2.86 bits per heavy atom. The maximum absolute atomic E-state index is 5.74. The standard InChI is InChI=1S/C10H20N2O2/c1-8(11)10(12)4-2-3-9-7-13-5-6-14-9/h9-10H,1-7,11-12H2. The molecule has 0 aromatic rings. The summed E-state index contributed by atoms with van der Waals surface area (Å²) in [7, 11) is 0. The fourth-order valence-corrected chi connectivity index (χ4v) is 1.45. The lowest BCUT2D eigenvalue weighted by Gasteiger charge is -2.23. The molecular formula is C10H20N2O2. The van der Waals surface area contributed by atoms with Gasteiger partial charge in [0.25, 0.3) is 0 Å². The fraction of sp³-hybridized carbons (Fsp3) is 0.800. The lowest BCUT2D eigenvalue weighted by molar-refractivity contribution is -0.0912. The number of hydrogen-bond donors (Lipinski definition) is 2. The Labute approximate surface area is 85.2 Å². The van der Waals surface area contributed by atoms with Gasteiger partial charge in [-0.25, -0.2) is 0 Å². The van der Waals surface area contributed by atoms with Gasteiger partial charge in [-0.2, -0.15) is 0 Å². The molecule has 82 valence electrons. The maximum Gasteiger partial charge on any atom is 0.0809 e. The summed E-state index contributed by atoms with van der Waals surface area (Å²) in [4.78, 5) is 0. The van der Waals surface area contributed by atoms with Crippen LogP contribution in [0, 0.1) is 0 Å². The molecule has 0 spiro atoms. The average Bonchev–Trinajstić information content (AvgIpc) is 2.19. The molecule has 1 aliphatic heterocycles. The molecule has 1 heterocycles. The molecule has 1 saturated heterocycles. The zero-order valence-corrected chi connectivity index (χ0v) is 8.58. The highest BCUT2D eigenvalue weighted by Crippen LogP contribution is 2.11. The molecule has 14 heavy (non-hydrogen) atoms. The number of nitrogens with two attached hydrogens (primary N) is 2. The van der Waals surface area contributed by atoms with Gasteiger partial charge < -0.3 is 20.9 Å². The maximum atomic E-state index is 5.74. The van der Waals surface area contributed by atoms with E-state index in [9.17, 15) is 0 Å². The van der Waals surface area contributed by atoms with Gasteiger partial charge in [-0.05, 0) is 19.3 Å². The number of rotatable bonds is 5. The quantitative estimate of drug-likeness (QED) is 0.672. The van der Waals surface area contributed by atoms with Crippen molar-refractivity contribution in [1.82, 2.24) is 0 Å². The van der Waals surface area contributed by atoms with Gasteiger partial charge >= 0.3 is 0 Å². The van der Waals surface area contributed by atoms with E-state index < -0.39 is 0 Å². The Balaban J connectivity index is 2.05. The molecule has 0 aliphatic carbocycles. The van der Waals surface area contributed by atoms with E-state index in [1.54, 1.807) is 0 Å². The third-order valence-corrected chi connectivity index (χ3v) is 2.40. The highest BCUT2D eigenvalue weighted by atomic mass is 16.6. The monoisotopic (exact) mass is 200 g/mol. The summed E-state index contributed by atoms with van der Waals surface area (Å²) in [5.74, 6) is 0. The second-order valence-electron chi connectivity index (χ2n) is 3.68. The van der Waals surface area contributed by atoms with Crippen molar-refractivity contribution in [2.45, 2.75) is 31.4 Å². The van der Waals surface area contributed by atoms with Gasteiger partial charge in [0, 0.05) is 11.7 Å². The van der Waals surface area contributed by atoms with Crippen LogP contribution in [-0.4, -0.2) is 32.0 Å². The largest absolute Gasteiger partial charge is 0.401 e. The Morgan fingerprint density at radius 2 is 2.29 bits per heavy atom. The van der Waals surface area contributed by atoms with E-state index in [-0.39, 0.29) is 12.1 Å². The van der Waals surface area contributed by atoms with Crippen molar-refractivity contribution < 1.29 is 9.47 Å². The summed E-state index contributed by atoms with van der Waals surface area (Å²) in [5, 5.41) is 0. The normalized spacial score (nSPS) is 24.5. The number of hydrogen-bond acceptors (Lipinski definition) is 4. The molecule has 0 saturated carbocycles. The Morgan fingerprint density at radius 1 is 1.50 bits per heavy atom. The van der Waals surface area contributed by atoms with Gasteiger partial charge in [0.2, 0.25) is 0 Å². The van der Waals surface area contributed by atoms with Crippen LogP contribution >= 0.6 is 0 Å². The van der Waals surface area contributed by atoms with Gasteiger partial charge in [-0.3, -0.25) is 0 Å². The van der Waals surface area contributed by atoms with Crippen LogP contribution in [0.1, 0.15) is 19.3 Å². The summed E-state index contributed by atoms with van der Waals surface area (Å²) in [5.41, 5.74) is 11.8. The molecule has 0 radical (unpaired) electrons. The molecule has 4 heteroatoms. The van der Waals surface area contributed by atoms with E-state index in [0.29, 0.717) is 18.9 Å². The molecule has 1 fully saturated rings. The van der Waals surface area contributed by atoms with Crippen LogP contribution in [0.2, 0.25) is 0 Å². The smallest absolute Gasteiger partial charge is 0.0809 e. The van der Waals surface area contributed by atoms with Gasteiger partial charge in [-0.1, -0.05) is 6.58 Å². The summed E-state index contributed by atoms with van der Waals surface area (Å²) < 4.78 is 10.8. The average molecular weight is 200 g/mol. The minimum absolute atomic E-state index is 0.0838. The summed E-state index contributed by atoms with van der Waals surface area (Å²) in [6.45, 7) is 5.75. The summed E-state index contributed by atoms with van der Waals surface area (Å²) in [6.07, 6.45) is 3.10. The second kappa shape index (κ2) is 6.01. The molecule has 2 atom stereocenters. The third-order valence-electron chi connectivity index (χ3n) is 2.40. The van der Waals surface area contributed by atoms with E-state index in [1.807, 2.05) is 0 Å². The van der Waals surface area contributed by atoms with Gasteiger partial charge in [-0.15, -0.1) is 0 Å². The number of ether oxygens (including phenoxy) is 2. The molecule has 1 aliphatic rings. The summed E-state index contributed by atoms with van der Waals surface area (Å²) >= 11 is 0. The van der Waals surface area contributed by atoms with Crippen molar-refractivity contribution in [1.29, 1.82) is 0 Å². The predicted octanol–water partition coefficient (Wildman–Crippen LogP) is 0.372. The van der Waals surface area contributed by atoms with Crippen LogP contribution in [0.15, 0.2) is 12.3 Å². The molecule has 4 N–H and O–H groups in total. The van der Waals surface area contributed by atoms with E-state index in [4.69, 9.17) is 20.9 Å². The zero-order chi connectivity index (χ0) is 10.4. The van der Waals surface area contributed by atoms with Crippen molar-refractivity contribution in [2.75, 3.05) is 19.8 Å². The highest BCUT2D eigenvalue weighted by Gasteiger charge is 2.14.